The molecule has 0 aromatic carbocycles. The topological polar surface area (TPSA) is 51.4 Å². The van der Waals surface area contributed by atoms with Gasteiger partial charge < -0.3 is 15.4 Å². The Bertz CT molecular complexity index is 350. The molecule has 2 rings (SSSR count). The molecule has 1 aliphatic carbocycles. The van der Waals surface area contributed by atoms with Crippen LogP contribution in [0.3, 0.4) is 0 Å². The monoisotopic (exact) mass is 235 g/mol. The SMILES string of the molecule is COc1cccnc1N(CCN)C1CCCC1. The lowest BCUT2D eigenvalue weighted by atomic mass is 10.2. The average Bonchev–Trinajstić information content (AvgIpc) is 2.89. The minimum absolute atomic E-state index is 0.572. The van der Waals surface area contributed by atoms with Gasteiger partial charge in [0.15, 0.2) is 11.6 Å². The van der Waals surface area contributed by atoms with Gasteiger partial charge in [0.1, 0.15) is 0 Å². The third-order valence-corrected chi connectivity index (χ3v) is 3.38. The Hall–Kier alpha value is -1.29. The van der Waals surface area contributed by atoms with Gasteiger partial charge in [-0.25, -0.2) is 4.98 Å². The van der Waals surface area contributed by atoms with E-state index in [-0.39, 0.29) is 0 Å². The van der Waals surface area contributed by atoms with Crippen LogP contribution in [-0.4, -0.2) is 31.2 Å². The summed E-state index contributed by atoms with van der Waals surface area (Å²) in [6, 6.07) is 4.43. The molecule has 94 valence electrons. The zero-order valence-corrected chi connectivity index (χ0v) is 10.4. The van der Waals surface area contributed by atoms with E-state index in [2.05, 4.69) is 9.88 Å². The third-order valence-electron chi connectivity index (χ3n) is 3.38. The standard InChI is InChI=1S/C13H21N3O/c1-17-12-7-4-9-15-13(12)16(10-8-14)11-5-2-3-6-11/h4,7,9,11H,2-3,5-6,8,10,14H2,1H3. The Kier molecular flexibility index (Phi) is 4.20. The Balaban J connectivity index is 2.24. The predicted octanol–water partition coefficient (Wildman–Crippen LogP) is 1.80. The van der Waals surface area contributed by atoms with E-state index >= 15 is 0 Å². The van der Waals surface area contributed by atoms with Crippen molar-refractivity contribution < 1.29 is 4.74 Å². The van der Waals surface area contributed by atoms with E-state index in [1.807, 2.05) is 18.3 Å². The number of aromatic nitrogens is 1. The smallest absolute Gasteiger partial charge is 0.171 e. The molecule has 0 bridgehead atoms. The van der Waals surface area contributed by atoms with Crippen LogP contribution in [0.5, 0.6) is 5.75 Å². The molecule has 4 heteroatoms. The molecule has 1 aromatic rings. The molecular formula is C13H21N3O. The van der Waals surface area contributed by atoms with Crippen LogP contribution in [0.15, 0.2) is 18.3 Å². The first kappa shape index (κ1) is 12.2. The molecule has 0 atom stereocenters. The third kappa shape index (κ3) is 2.69. The van der Waals surface area contributed by atoms with Crippen molar-refractivity contribution in [3.05, 3.63) is 18.3 Å². The van der Waals surface area contributed by atoms with Crippen molar-refractivity contribution in [2.45, 2.75) is 31.7 Å². The number of nitrogens with two attached hydrogens (primary N) is 1. The molecule has 0 aliphatic heterocycles. The second-order valence-corrected chi connectivity index (χ2v) is 4.45. The van der Waals surface area contributed by atoms with Crippen molar-refractivity contribution in [3.8, 4) is 5.75 Å². The summed E-state index contributed by atoms with van der Waals surface area (Å²) < 4.78 is 5.39. The summed E-state index contributed by atoms with van der Waals surface area (Å²) in [4.78, 5) is 6.77. The summed E-state index contributed by atoms with van der Waals surface area (Å²) in [5.74, 6) is 1.78. The van der Waals surface area contributed by atoms with Crippen LogP contribution in [0.4, 0.5) is 5.82 Å². The van der Waals surface area contributed by atoms with Gasteiger partial charge in [-0.1, -0.05) is 12.8 Å². The number of pyridine rings is 1. The maximum Gasteiger partial charge on any atom is 0.171 e. The van der Waals surface area contributed by atoms with Gasteiger partial charge in [0, 0.05) is 25.3 Å². The molecule has 1 fully saturated rings. The van der Waals surface area contributed by atoms with Crippen LogP contribution in [0, 0.1) is 0 Å². The summed E-state index contributed by atoms with van der Waals surface area (Å²) in [5.41, 5.74) is 5.72. The van der Waals surface area contributed by atoms with Gasteiger partial charge in [-0.3, -0.25) is 0 Å². The van der Waals surface area contributed by atoms with Crippen LogP contribution < -0.4 is 15.4 Å². The first-order chi connectivity index (χ1) is 8.36. The lowest BCUT2D eigenvalue weighted by Crippen LogP contribution is -2.38. The number of nitrogens with zero attached hydrogens (tertiary/aromatic N) is 2. The number of anilines is 1. The van der Waals surface area contributed by atoms with Gasteiger partial charge in [0.2, 0.25) is 0 Å². The maximum atomic E-state index is 5.72. The Morgan fingerprint density at radius 3 is 2.88 bits per heavy atom. The van der Waals surface area contributed by atoms with Gasteiger partial charge >= 0.3 is 0 Å². The normalized spacial score (nSPS) is 16.1. The van der Waals surface area contributed by atoms with Crippen molar-refractivity contribution in [2.24, 2.45) is 5.73 Å². The van der Waals surface area contributed by atoms with Gasteiger partial charge in [0.25, 0.3) is 0 Å². The average molecular weight is 235 g/mol. The second kappa shape index (κ2) is 5.87. The van der Waals surface area contributed by atoms with E-state index in [1.54, 1.807) is 7.11 Å². The highest BCUT2D eigenvalue weighted by Crippen LogP contribution is 2.31. The lowest BCUT2D eigenvalue weighted by Gasteiger charge is -2.30. The zero-order valence-electron chi connectivity index (χ0n) is 10.4. The van der Waals surface area contributed by atoms with Gasteiger partial charge in [-0.15, -0.1) is 0 Å². The van der Waals surface area contributed by atoms with Crippen LogP contribution in [-0.2, 0) is 0 Å². The summed E-state index contributed by atoms with van der Waals surface area (Å²) in [6.07, 6.45) is 6.90. The second-order valence-electron chi connectivity index (χ2n) is 4.45. The Morgan fingerprint density at radius 1 is 1.47 bits per heavy atom. The minimum atomic E-state index is 0.572. The van der Waals surface area contributed by atoms with Crippen LogP contribution in [0.1, 0.15) is 25.7 Å². The maximum absolute atomic E-state index is 5.72. The summed E-state index contributed by atoms with van der Waals surface area (Å²) in [6.45, 7) is 1.49. The van der Waals surface area contributed by atoms with E-state index in [9.17, 15) is 0 Å². The molecular weight excluding hydrogens is 214 g/mol. The molecule has 0 radical (unpaired) electrons. The summed E-state index contributed by atoms with van der Waals surface area (Å²) >= 11 is 0. The minimum Gasteiger partial charge on any atom is -0.493 e. The van der Waals surface area contributed by atoms with Crippen LogP contribution >= 0.6 is 0 Å². The van der Waals surface area contributed by atoms with Gasteiger partial charge in [-0.2, -0.15) is 0 Å². The predicted molar refractivity (Wildman–Crippen MR) is 69.4 cm³/mol. The first-order valence-corrected chi connectivity index (χ1v) is 6.32. The lowest BCUT2D eigenvalue weighted by molar-refractivity contribution is 0.410. The highest BCUT2D eigenvalue weighted by atomic mass is 16.5. The van der Waals surface area contributed by atoms with E-state index in [0.29, 0.717) is 12.6 Å². The van der Waals surface area contributed by atoms with Crippen molar-refractivity contribution >= 4 is 5.82 Å². The largest absolute Gasteiger partial charge is 0.493 e. The molecule has 17 heavy (non-hydrogen) atoms. The highest BCUT2D eigenvalue weighted by molar-refractivity contribution is 5.53. The molecule has 0 unspecified atom stereocenters. The number of hydrogen-bond donors (Lipinski definition) is 1. The van der Waals surface area contributed by atoms with E-state index < -0.39 is 0 Å². The molecule has 0 spiro atoms. The van der Waals surface area contributed by atoms with Crippen molar-refractivity contribution in [1.82, 2.24) is 4.98 Å². The van der Waals surface area contributed by atoms with E-state index in [0.717, 1.165) is 18.1 Å². The highest BCUT2D eigenvalue weighted by Gasteiger charge is 2.25. The van der Waals surface area contributed by atoms with E-state index in [1.165, 1.54) is 25.7 Å². The molecule has 1 saturated carbocycles. The summed E-state index contributed by atoms with van der Waals surface area (Å²) in [5, 5.41) is 0. The quantitative estimate of drug-likeness (QED) is 0.845. The van der Waals surface area contributed by atoms with Crippen molar-refractivity contribution in [3.63, 3.8) is 0 Å². The number of ether oxygens (including phenoxy) is 1. The Labute approximate surface area is 103 Å². The molecule has 1 heterocycles. The molecule has 4 nitrogen and oxygen atoms in total. The van der Waals surface area contributed by atoms with Crippen LogP contribution in [0.25, 0.3) is 0 Å². The zero-order chi connectivity index (χ0) is 12.1. The molecule has 2 N–H and O–H groups in total. The van der Waals surface area contributed by atoms with E-state index in [4.69, 9.17) is 10.5 Å². The molecule has 0 amide bonds. The number of methoxy groups -OCH3 is 1. The van der Waals surface area contributed by atoms with Gasteiger partial charge in [-0.05, 0) is 25.0 Å². The molecule has 1 aromatic heterocycles. The number of rotatable bonds is 5. The van der Waals surface area contributed by atoms with Crippen molar-refractivity contribution in [1.29, 1.82) is 0 Å². The summed E-state index contributed by atoms with van der Waals surface area (Å²) in [7, 11) is 1.69. The fourth-order valence-electron chi connectivity index (χ4n) is 2.57. The molecule has 0 saturated heterocycles. The number of hydrogen-bond acceptors (Lipinski definition) is 4. The molecule has 1 aliphatic rings. The fourth-order valence-corrected chi connectivity index (χ4v) is 2.57. The van der Waals surface area contributed by atoms with Gasteiger partial charge in [0.05, 0.1) is 7.11 Å². The van der Waals surface area contributed by atoms with Crippen LogP contribution in [0.2, 0.25) is 0 Å². The van der Waals surface area contributed by atoms with Crippen molar-refractivity contribution in [2.75, 3.05) is 25.1 Å². The first-order valence-electron chi connectivity index (χ1n) is 6.32. The Morgan fingerprint density at radius 2 is 2.24 bits per heavy atom. The fraction of sp³-hybridized carbons (Fsp3) is 0.615.